The van der Waals surface area contributed by atoms with E-state index in [1.165, 1.54) is 21.4 Å². The van der Waals surface area contributed by atoms with E-state index < -0.39 is 5.69 Å². The number of para-hydroxylation sites is 1. The monoisotopic (exact) mass is 602 g/mol. The number of nitrogens with one attached hydrogen (secondary N) is 1. The van der Waals surface area contributed by atoms with Crippen LogP contribution in [0.15, 0.2) is 118 Å². The summed E-state index contributed by atoms with van der Waals surface area (Å²) >= 11 is 0. The number of hydrogen-bond acceptors (Lipinski definition) is 6. The predicted molar refractivity (Wildman–Crippen MR) is 173 cm³/mol. The van der Waals surface area contributed by atoms with Crippen LogP contribution in [-0.4, -0.2) is 39.3 Å². The number of amides is 1. The molecule has 10 nitrogen and oxygen atoms in total. The first-order chi connectivity index (χ1) is 21.7. The Hall–Kier alpha value is -5.41. The first kappa shape index (κ1) is 29.7. The number of hydrogen-bond donors (Lipinski definition) is 2. The highest BCUT2D eigenvalue weighted by Crippen LogP contribution is 2.28. The van der Waals surface area contributed by atoms with Crippen LogP contribution in [0.1, 0.15) is 26.2 Å². The molecule has 1 unspecified atom stereocenters. The van der Waals surface area contributed by atoms with Gasteiger partial charge >= 0.3 is 5.69 Å². The van der Waals surface area contributed by atoms with Gasteiger partial charge in [0.1, 0.15) is 16.8 Å². The molecule has 0 saturated heterocycles. The number of anilines is 1. The Labute approximate surface area is 260 Å². The van der Waals surface area contributed by atoms with Crippen molar-refractivity contribution in [1.29, 1.82) is 0 Å². The smallest absolute Gasteiger partial charge is 0.339 e. The molecule has 3 N–H and O–H groups in total. The molecule has 6 rings (SSSR count). The highest BCUT2D eigenvalue weighted by molar-refractivity contribution is 5.99. The molecule has 228 valence electrons. The minimum Gasteiger partial charge on any atom is -0.633 e. The normalized spacial score (nSPS) is 15.8. The molecule has 1 aliphatic carbocycles. The molecule has 45 heavy (non-hydrogen) atoms. The van der Waals surface area contributed by atoms with Crippen molar-refractivity contribution in [2.45, 2.75) is 32.2 Å². The number of benzene rings is 3. The lowest BCUT2D eigenvalue weighted by atomic mass is 9.91. The highest BCUT2D eigenvalue weighted by Gasteiger charge is 2.29. The SMILES string of the molecule is CC1=C=CN=c2c(n(-c3ccc(Oc4ccccc4)cc3)c(=O)n2-c2cccc(NC(=O)/C=C/C[N+](C)([O-])C3CCC3)c2)=C1N. The van der Waals surface area contributed by atoms with Crippen LogP contribution >= 0.6 is 0 Å². The van der Waals surface area contributed by atoms with Crippen molar-refractivity contribution in [2.24, 2.45) is 10.7 Å². The predicted octanol–water partition coefficient (Wildman–Crippen LogP) is 4.17. The van der Waals surface area contributed by atoms with Gasteiger partial charge < -0.3 is 25.6 Å². The number of quaternary nitrogens is 1. The van der Waals surface area contributed by atoms with Crippen LogP contribution in [-0.2, 0) is 4.79 Å². The van der Waals surface area contributed by atoms with Gasteiger partial charge in [-0.1, -0.05) is 30.0 Å². The third kappa shape index (κ3) is 6.16. The van der Waals surface area contributed by atoms with E-state index in [2.05, 4.69) is 16.0 Å². The lowest BCUT2D eigenvalue weighted by molar-refractivity contribution is -0.886. The molecule has 0 bridgehead atoms. The first-order valence-electron chi connectivity index (χ1n) is 14.8. The lowest BCUT2D eigenvalue weighted by Crippen LogP contribution is -2.50. The van der Waals surface area contributed by atoms with E-state index in [-0.39, 0.29) is 23.1 Å². The Bertz CT molecular complexity index is 2030. The fourth-order valence-electron chi connectivity index (χ4n) is 5.42. The maximum absolute atomic E-state index is 14.1. The number of carbonyl (C=O) groups is 1. The van der Waals surface area contributed by atoms with Gasteiger partial charge in [-0.25, -0.2) is 14.4 Å². The summed E-state index contributed by atoms with van der Waals surface area (Å²) in [5, 5.41) is 16.0. The number of hydroxylamine groups is 3. The number of nitrogens with zero attached hydrogens (tertiary/aromatic N) is 4. The molecule has 4 aromatic rings. The topological polar surface area (TPSA) is 127 Å². The molecule has 0 spiro atoms. The van der Waals surface area contributed by atoms with Crippen LogP contribution in [0.2, 0.25) is 0 Å². The van der Waals surface area contributed by atoms with Gasteiger partial charge in [0.05, 0.1) is 42.9 Å². The number of aromatic nitrogens is 2. The largest absolute Gasteiger partial charge is 0.633 e. The summed E-state index contributed by atoms with van der Waals surface area (Å²) in [5.41, 5.74) is 12.1. The zero-order chi connectivity index (χ0) is 31.6. The number of carbonyl (C=O) groups excluding carboxylic acids is 1. The van der Waals surface area contributed by atoms with E-state index >= 15 is 0 Å². The summed E-state index contributed by atoms with van der Waals surface area (Å²) in [6.45, 7) is 2.04. The van der Waals surface area contributed by atoms with Gasteiger partial charge in [0, 0.05) is 17.3 Å². The summed E-state index contributed by atoms with van der Waals surface area (Å²) in [4.78, 5) is 31.4. The van der Waals surface area contributed by atoms with Gasteiger partial charge in [-0.3, -0.25) is 9.36 Å². The van der Waals surface area contributed by atoms with Crippen molar-refractivity contribution in [3.05, 3.63) is 135 Å². The molecular weight excluding hydrogens is 568 g/mol. The second-order valence-corrected chi connectivity index (χ2v) is 11.4. The zero-order valence-corrected chi connectivity index (χ0v) is 25.1. The molecule has 2 aliphatic rings. The van der Waals surface area contributed by atoms with Gasteiger partial charge in [0.2, 0.25) is 5.91 Å². The van der Waals surface area contributed by atoms with Crippen molar-refractivity contribution in [3.63, 3.8) is 0 Å². The summed E-state index contributed by atoms with van der Waals surface area (Å²) in [6.07, 6.45) is 7.41. The number of rotatable bonds is 9. The number of fused-ring (bicyclic) bond motifs is 1. The summed E-state index contributed by atoms with van der Waals surface area (Å²) in [7, 11) is 1.65. The molecule has 1 aliphatic heterocycles. The van der Waals surface area contributed by atoms with Crippen molar-refractivity contribution in [2.75, 3.05) is 18.9 Å². The quantitative estimate of drug-likeness (QED) is 0.129. The second kappa shape index (κ2) is 12.3. The molecule has 1 fully saturated rings. The number of imidazole rings is 1. The summed E-state index contributed by atoms with van der Waals surface area (Å²) in [5.74, 6) is 0.944. The standard InChI is InChI=1S/C35H34N6O4/c1-24-20-21-37-34-33(32(24)36)39(26-16-18-30(19-17-26)45-29-13-4-3-5-14-29)35(43)40(34)27-10-6-9-25(23-27)38-31(42)15-8-22-41(2,44)28-11-7-12-28/h3-6,8-10,13-19,21,23,28H,7,11-12,22,36H2,1-2H3,(H,38,42)/b15-8+. The average Bonchev–Trinajstić information content (AvgIpc) is 3.19. The first-order valence-corrected chi connectivity index (χ1v) is 14.8. The third-order valence-corrected chi connectivity index (χ3v) is 8.19. The maximum Gasteiger partial charge on any atom is 0.339 e. The lowest BCUT2D eigenvalue weighted by Gasteiger charge is -2.48. The van der Waals surface area contributed by atoms with Crippen molar-refractivity contribution < 1.29 is 14.2 Å². The molecule has 1 amide bonds. The number of ether oxygens (including phenoxy) is 1. The highest BCUT2D eigenvalue weighted by atomic mass is 16.5. The minimum atomic E-state index is -0.390. The van der Waals surface area contributed by atoms with Crippen LogP contribution in [0, 0.1) is 5.21 Å². The number of likely N-dealkylation sites (N-methyl/N-ethyl adjacent to an activating group) is 1. The van der Waals surface area contributed by atoms with Gasteiger partial charge in [0.15, 0.2) is 5.49 Å². The fourth-order valence-corrected chi connectivity index (χ4v) is 5.42. The van der Waals surface area contributed by atoms with E-state index in [1.54, 1.807) is 61.7 Å². The molecule has 1 atom stereocenters. The zero-order valence-electron chi connectivity index (χ0n) is 25.1. The summed E-state index contributed by atoms with van der Waals surface area (Å²) in [6, 6.07) is 23.6. The van der Waals surface area contributed by atoms with Crippen LogP contribution < -0.4 is 32.3 Å². The van der Waals surface area contributed by atoms with Crippen molar-refractivity contribution >= 4 is 17.3 Å². The van der Waals surface area contributed by atoms with Crippen molar-refractivity contribution in [3.8, 4) is 22.9 Å². The third-order valence-electron chi connectivity index (χ3n) is 8.19. The Kier molecular flexibility index (Phi) is 8.10. The molecule has 1 aromatic heterocycles. The molecule has 10 heteroatoms. The Morgan fingerprint density at radius 3 is 2.51 bits per heavy atom. The maximum atomic E-state index is 14.1. The Balaban J connectivity index is 1.33. The minimum absolute atomic E-state index is 0.0984. The summed E-state index contributed by atoms with van der Waals surface area (Å²) < 4.78 is 8.53. The molecular formula is C35H34N6O4. The van der Waals surface area contributed by atoms with Crippen LogP contribution in [0.3, 0.4) is 0 Å². The van der Waals surface area contributed by atoms with Crippen molar-refractivity contribution in [1.82, 2.24) is 9.13 Å². The fraction of sp³-hybridized carbons (Fsp3) is 0.200. The molecule has 2 heterocycles. The number of nitrogens with two attached hydrogens (primary N) is 1. The van der Waals surface area contributed by atoms with Gasteiger partial charge in [0.25, 0.3) is 0 Å². The van der Waals surface area contributed by atoms with Gasteiger partial charge in [-0.05, 0) is 86.9 Å². The molecule has 3 aromatic carbocycles. The van der Waals surface area contributed by atoms with E-state index in [4.69, 9.17) is 10.5 Å². The Morgan fingerprint density at radius 1 is 1.07 bits per heavy atom. The molecule has 0 radical (unpaired) electrons. The van der Waals surface area contributed by atoms with Crippen LogP contribution in [0.25, 0.3) is 17.1 Å². The van der Waals surface area contributed by atoms with Crippen LogP contribution in [0.4, 0.5) is 5.69 Å². The van der Waals surface area contributed by atoms with E-state index in [9.17, 15) is 14.8 Å². The second-order valence-electron chi connectivity index (χ2n) is 11.4. The Morgan fingerprint density at radius 2 is 1.80 bits per heavy atom. The average molecular weight is 603 g/mol. The van der Waals surface area contributed by atoms with Gasteiger partial charge in [-0.15, -0.1) is 0 Å². The van der Waals surface area contributed by atoms with Gasteiger partial charge in [-0.2, -0.15) is 0 Å². The van der Waals surface area contributed by atoms with E-state index in [1.807, 2.05) is 37.3 Å². The van der Waals surface area contributed by atoms with Crippen LogP contribution in [0.5, 0.6) is 11.5 Å². The van der Waals surface area contributed by atoms with E-state index in [0.29, 0.717) is 50.7 Å². The van der Waals surface area contributed by atoms with E-state index in [0.717, 1.165) is 19.3 Å². The molecule has 1 saturated carbocycles.